The summed E-state index contributed by atoms with van der Waals surface area (Å²) >= 11 is 0. The summed E-state index contributed by atoms with van der Waals surface area (Å²) in [5.74, 6) is 0. The fourth-order valence-electron chi connectivity index (χ4n) is 6.60. The first-order valence-corrected chi connectivity index (χ1v) is 16.0. The van der Waals surface area contributed by atoms with Gasteiger partial charge in [0.15, 0.2) is 11.0 Å². The third-order valence-corrected chi connectivity index (χ3v) is 8.67. The molecule has 2 N–H and O–H groups in total. The maximum absolute atomic E-state index is 5.45. The smallest absolute Gasteiger partial charge is 0.165 e. The molecule has 9 aromatic rings. The molecule has 3 aromatic heterocycles. The number of fused-ring (bicyclic) bond motifs is 6. The van der Waals surface area contributed by atoms with E-state index in [0.717, 1.165) is 77.9 Å². The van der Waals surface area contributed by atoms with Crippen LogP contribution in [0.4, 0.5) is 34.1 Å². The quantitative estimate of drug-likeness (QED) is 0.195. The summed E-state index contributed by atoms with van der Waals surface area (Å²) in [7, 11) is 0. The summed E-state index contributed by atoms with van der Waals surface area (Å²) in [6, 6.07) is 58.0. The van der Waals surface area contributed by atoms with Crippen LogP contribution in [-0.2, 0) is 0 Å². The van der Waals surface area contributed by atoms with Crippen LogP contribution >= 0.6 is 0 Å². The van der Waals surface area contributed by atoms with Crippen LogP contribution in [0.25, 0.3) is 32.8 Å². The third kappa shape index (κ3) is 4.66. The Morgan fingerprint density at radius 2 is 0.688 bits per heavy atom. The van der Waals surface area contributed by atoms with Gasteiger partial charge >= 0.3 is 0 Å². The van der Waals surface area contributed by atoms with E-state index in [1.165, 1.54) is 0 Å². The molecule has 0 aliphatic rings. The van der Waals surface area contributed by atoms with Crippen LogP contribution in [0.15, 0.2) is 180 Å². The molecule has 6 aromatic carbocycles. The van der Waals surface area contributed by atoms with Crippen LogP contribution in [0.1, 0.15) is 0 Å². The molecule has 0 fully saturated rings. The molecule has 228 valence electrons. The Balaban J connectivity index is 1.57. The minimum atomic E-state index is 0.801. The van der Waals surface area contributed by atoms with E-state index in [4.69, 9.17) is 9.98 Å². The Morgan fingerprint density at radius 1 is 0.354 bits per heavy atom. The van der Waals surface area contributed by atoms with Gasteiger partial charge in [0, 0.05) is 22.1 Å². The maximum Gasteiger partial charge on any atom is 0.165 e. The van der Waals surface area contributed by atoms with Gasteiger partial charge in [-0.3, -0.25) is 8.80 Å². The number of hydrogen-bond acceptors (Lipinski definition) is 4. The fourth-order valence-corrected chi connectivity index (χ4v) is 6.60. The minimum Gasteiger partial charge on any atom is -0.353 e. The number of rotatable bonds is 6. The second-order valence-electron chi connectivity index (χ2n) is 11.7. The highest BCUT2D eigenvalue weighted by molar-refractivity contribution is 6.08. The normalized spacial score (nSPS) is 12.4. The second-order valence-corrected chi connectivity index (χ2v) is 11.7. The Hall–Kier alpha value is -6.66. The molecule has 0 aliphatic carbocycles. The number of aromatic nitrogens is 2. The van der Waals surface area contributed by atoms with Crippen molar-refractivity contribution in [2.45, 2.75) is 0 Å². The topological polar surface area (TPSA) is 57.6 Å². The molecule has 0 atom stereocenters. The second kappa shape index (κ2) is 11.6. The van der Waals surface area contributed by atoms with Gasteiger partial charge in [-0.1, -0.05) is 109 Å². The molecule has 0 amide bonds. The number of nitrogens with one attached hydrogen (secondary N) is 2. The Labute approximate surface area is 276 Å². The van der Waals surface area contributed by atoms with Crippen molar-refractivity contribution in [3.05, 3.63) is 181 Å². The third-order valence-electron chi connectivity index (χ3n) is 8.67. The molecule has 3 heterocycles. The van der Waals surface area contributed by atoms with Crippen molar-refractivity contribution in [1.29, 1.82) is 0 Å². The molecular formula is C42H30N6. The lowest BCUT2D eigenvalue weighted by molar-refractivity contribution is 1.01. The molecule has 9 rings (SSSR count). The van der Waals surface area contributed by atoms with Crippen molar-refractivity contribution in [2.24, 2.45) is 9.98 Å². The largest absolute Gasteiger partial charge is 0.353 e. The first-order valence-electron chi connectivity index (χ1n) is 16.0. The standard InChI is InChI=1S/C42H30N6/c1-5-17-29(18-6-1)43-37-33-25-13-15-27-35(33)47-39(37)41(45-31-21-9-3-10-22-31)48-36-28-16-14-26-34(36)38(44-30-19-7-2-8-20-30)40(48)42(47)46-32-23-11-4-12-24-32/h1-28,43-44H. The van der Waals surface area contributed by atoms with E-state index in [1.807, 2.05) is 97.1 Å². The minimum absolute atomic E-state index is 0.801. The Morgan fingerprint density at radius 3 is 1.08 bits per heavy atom. The maximum atomic E-state index is 5.45. The molecule has 0 radical (unpaired) electrons. The summed E-state index contributed by atoms with van der Waals surface area (Å²) in [5.41, 5.74) is 11.2. The van der Waals surface area contributed by atoms with Gasteiger partial charge in [0.25, 0.3) is 0 Å². The van der Waals surface area contributed by atoms with Gasteiger partial charge in [0.2, 0.25) is 0 Å². The monoisotopic (exact) mass is 618 g/mol. The fraction of sp³-hybridized carbons (Fsp3) is 0. The molecular weight excluding hydrogens is 589 g/mol. The van der Waals surface area contributed by atoms with Gasteiger partial charge in [-0.15, -0.1) is 0 Å². The van der Waals surface area contributed by atoms with Crippen molar-refractivity contribution in [1.82, 2.24) is 8.80 Å². The van der Waals surface area contributed by atoms with Crippen LogP contribution in [0, 0.1) is 0 Å². The van der Waals surface area contributed by atoms with E-state index in [9.17, 15) is 0 Å². The molecule has 0 bridgehead atoms. The molecule has 0 spiro atoms. The van der Waals surface area contributed by atoms with Crippen molar-refractivity contribution in [3.8, 4) is 0 Å². The molecule has 6 heteroatoms. The van der Waals surface area contributed by atoms with Gasteiger partial charge in [-0.25, -0.2) is 9.98 Å². The first-order chi connectivity index (χ1) is 23.8. The zero-order valence-corrected chi connectivity index (χ0v) is 26.0. The van der Waals surface area contributed by atoms with Crippen molar-refractivity contribution >= 4 is 67.0 Å². The average Bonchev–Trinajstić information content (AvgIpc) is 3.65. The highest BCUT2D eigenvalue weighted by atomic mass is 15.1. The highest BCUT2D eigenvalue weighted by Crippen LogP contribution is 2.36. The van der Waals surface area contributed by atoms with Gasteiger partial charge in [-0.2, -0.15) is 0 Å². The van der Waals surface area contributed by atoms with E-state index >= 15 is 0 Å². The van der Waals surface area contributed by atoms with Crippen molar-refractivity contribution < 1.29 is 0 Å². The van der Waals surface area contributed by atoms with Crippen LogP contribution < -0.4 is 21.6 Å². The molecule has 0 saturated heterocycles. The van der Waals surface area contributed by atoms with Gasteiger partial charge in [0.05, 0.1) is 33.8 Å². The Bertz CT molecular complexity index is 2510. The predicted octanol–water partition coefficient (Wildman–Crippen LogP) is 9.89. The number of nitrogens with zero attached hydrogens (tertiary/aromatic N) is 4. The molecule has 0 saturated carbocycles. The number of hydrogen-bond donors (Lipinski definition) is 2. The predicted molar refractivity (Wildman–Crippen MR) is 197 cm³/mol. The first kappa shape index (κ1) is 27.6. The van der Waals surface area contributed by atoms with Crippen LogP contribution in [0.2, 0.25) is 0 Å². The Kier molecular flexibility index (Phi) is 6.68. The van der Waals surface area contributed by atoms with E-state index in [2.05, 4.69) is 92.2 Å². The molecule has 0 aliphatic heterocycles. The van der Waals surface area contributed by atoms with Crippen LogP contribution in [-0.4, -0.2) is 8.80 Å². The summed E-state index contributed by atoms with van der Waals surface area (Å²) in [6.07, 6.45) is 0. The van der Waals surface area contributed by atoms with Gasteiger partial charge in [0.1, 0.15) is 11.0 Å². The highest BCUT2D eigenvalue weighted by Gasteiger charge is 2.23. The number of para-hydroxylation sites is 6. The van der Waals surface area contributed by atoms with E-state index in [-0.39, 0.29) is 0 Å². The zero-order chi connectivity index (χ0) is 31.9. The number of anilines is 4. The number of benzene rings is 6. The molecule has 0 unspecified atom stereocenters. The SMILES string of the molecule is c1ccc(N=c2c3c(Nc4ccccc4)c4ccccc4n3c(=Nc3ccccc3)c3c(Nc4ccccc4)c4ccccc4n23)cc1. The van der Waals surface area contributed by atoms with Crippen molar-refractivity contribution in [2.75, 3.05) is 10.6 Å². The average molecular weight is 619 g/mol. The van der Waals surface area contributed by atoms with E-state index in [0.29, 0.717) is 0 Å². The molecule has 6 nitrogen and oxygen atoms in total. The summed E-state index contributed by atoms with van der Waals surface area (Å²) in [6.45, 7) is 0. The lowest BCUT2D eigenvalue weighted by atomic mass is 10.2. The van der Waals surface area contributed by atoms with E-state index in [1.54, 1.807) is 0 Å². The van der Waals surface area contributed by atoms with Gasteiger partial charge < -0.3 is 10.6 Å². The summed E-state index contributed by atoms with van der Waals surface area (Å²) in [5, 5.41) is 9.74. The van der Waals surface area contributed by atoms with Gasteiger partial charge in [-0.05, 0) is 60.7 Å². The summed E-state index contributed by atoms with van der Waals surface area (Å²) in [4.78, 5) is 10.9. The van der Waals surface area contributed by atoms with E-state index < -0.39 is 0 Å². The zero-order valence-electron chi connectivity index (χ0n) is 26.0. The van der Waals surface area contributed by atoms with Crippen LogP contribution in [0.3, 0.4) is 0 Å². The summed E-state index contributed by atoms with van der Waals surface area (Å²) < 4.78 is 4.56. The lowest BCUT2D eigenvalue weighted by Crippen LogP contribution is -2.28. The molecule has 48 heavy (non-hydrogen) atoms. The van der Waals surface area contributed by atoms with Crippen LogP contribution in [0.5, 0.6) is 0 Å². The lowest BCUT2D eigenvalue weighted by Gasteiger charge is -2.11. The van der Waals surface area contributed by atoms with Crippen molar-refractivity contribution in [3.63, 3.8) is 0 Å².